The molecule has 0 spiro atoms. The Hall–Kier alpha value is -5.44. The van der Waals surface area contributed by atoms with E-state index in [4.69, 9.17) is 14.7 Å². The van der Waals surface area contributed by atoms with Crippen LogP contribution in [-0.4, -0.2) is 37.1 Å². The van der Waals surface area contributed by atoms with Crippen molar-refractivity contribution >= 4 is 77.4 Å². The summed E-state index contributed by atoms with van der Waals surface area (Å²) >= 11 is 0. The fourth-order valence-electron chi connectivity index (χ4n) is 6.74. The van der Waals surface area contributed by atoms with Crippen molar-refractivity contribution in [3.63, 3.8) is 0 Å². The van der Waals surface area contributed by atoms with E-state index < -0.39 is 0 Å². The Morgan fingerprint density at radius 2 is 1.16 bits per heavy atom. The molecule has 0 saturated heterocycles. The average Bonchev–Trinajstić information content (AvgIpc) is 3.63. The van der Waals surface area contributed by atoms with Crippen LogP contribution in [0.4, 0.5) is 0 Å². The highest BCUT2D eigenvalue weighted by Crippen LogP contribution is 2.37. The Kier molecular flexibility index (Phi) is 6.06. The van der Waals surface area contributed by atoms with Gasteiger partial charge in [-0.3, -0.25) is 28.0 Å². The zero-order valence-electron chi connectivity index (χ0n) is 24.8. The Bertz CT molecular complexity index is 2640. The van der Waals surface area contributed by atoms with Crippen molar-refractivity contribution in [3.8, 4) is 0 Å². The fourth-order valence-corrected chi connectivity index (χ4v) is 6.74. The van der Waals surface area contributed by atoms with E-state index >= 15 is 0 Å². The van der Waals surface area contributed by atoms with E-state index in [0.717, 1.165) is 21.9 Å². The van der Waals surface area contributed by atoms with Crippen molar-refractivity contribution < 1.29 is 14.3 Å². The second-order valence-electron chi connectivity index (χ2n) is 11.6. The highest BCUT2D eigenvalue weighted by molar-refractivity contribution is 6.27. The highest BCUT2D eigenvalue weighted by atomic mass is 16.5. The van der Waals surface area contributed by atoms with Gasteiger partial charge in [0, 0.05) is 51.6 Å². The van der Waals surface area contributed by atoms with Crippen molar-refractivity contribution in [2.45, 2.75) is 46.0 Å². The van der Waals surface area contributed by atoms with Crippen molar-refractivity contribution in [3.05, 3.63) is 92.5 Å². The van der Waals surface area contributed by atoms with Crippen molar-refractivity contribution in [1.29, 1.82) is 0 Å². The summed E-state index contributed by atoms with van der Waals surface area (Å²) in [6, 6.07) is 18.9. The predicted octanol–water partition coefficient (Wildman–Crippen LogP) is 5.75. The average molecular weight is 597 g/mol. The van der Waals surface area contributed by atoms with Gasteiger partial charge >= 0.3 is 5.97 Å². The molecular formula is C36H28N4O5. The third-order valence-electron chi connectivity index (χ3n) is 8.96. The lowest BCUT2D eigenvalue weighted by Crippen LogP contribution is -2.16. The number of hydrogen-bond acceptors (Lipinski definition) is 7. The Morgan fingerprint density at radius 1 is 0.667 bits per heavy atom. The lowest BCUT2D eigenvalue weighted by molar-refractivity contribution is -0.143. The molecule has 0 unspecified atom stereocenters. The monoisotopic (exact) mass is 596 g/mol. The number of esters is 1. The molecule has 0 aliphatic carbocycles. The number of aryl methyl sites for hydroxylation is 2. The van der Waals surface area contributed by atoms with Gasteiger partial charge in [0.05, 0.1) is 28.7 Å². The number of Topliss-reactive ketones (excluding diaryl/α,β-unsaturated/α-hetero) is 1. The molecule has 0 aliphatic heterocycles. The molecule has 0 N–H and O–H groups in total. The Labute approximate surface area is 255 Å². The van der Waals surface area contributed by atoms with Crippen LogP contribution in [0.3, 0.4) is 0 Å². The molecule has 8 aromatic rings. The van der Waals surface area contributed by atoms with Crippen molar-refractivity contribution in [2.75, 3.05) is 6.61 Å². The maximum absolute atomic E-state index is 14.0. The molecule has 4 heterocycles. The van der Waals surface area contributed by atoms with Gasteiger partial charge in [0.2, 0.25) is 0 Å². The molecule has 9 heteroatoms. The molecule has 0 radical (unpaired) electrons. The molecule has 45 heavy (non-hydrogen) atoms. The summed E-state index contributed by atoms with van der Waals surface area (Å²) in [5.74, 6) is -0.0406. The summed E-state index contributed by atoms with van der Waals surface area (Å²) in [7, 11) is 0. The van der Waals surface area contributed by atoms with Gasteiger partial charge in [-0.15, -0.1) is 0 Å². The Balaban J connectivity index is 1.35. The van der Waals surface area contributed by atoms with Gasteiger partial charge in [-0.2, -0.15) is 0 Å². The largest absolute Gasteiger partial charge is 0.466 e. The minimum Gasteiger partial charge on any atom is -0.466 e. The summed E-state index contributed by atoms with van der Waals surface area (Å²) in [6.45, 7) is 3.99. The first kappa shape index (κ1) is 27.1. The second kappa shape index (κ2) is 10.1. The maximum atomic E-state index is 14.0. The summed E-state index contributed by atoms with van der Waals surface area (Å²) in [6.07, 6.45) is 2.38. The van der Waals surface area contributed by atoms with E-state index in [-0.39, 0.29) is 29.3 Å². The van der Waals surface area contributed by atoms with Crippen LogP contribution in [0.2, 0.25) is 0 Å². The fraction of sp³-hybridized carbons (Fsp3) is 0.222. The smallest absolute Gasteiger partial charge is 0.306 e. The van der Waals surface area contributed by atoms with Gasteiger partial charge < -0.3 is 4.74 Å². The lowest BCUT2D eigenvalue weighted by atomic mass is 9.96. The van der Waals surface area contributed by atoms with E-state index in [2.05, 4.69) is 0 Å². The maximum Gasteiger partial charge on any atom is 0.306 e. The molecule has 0 fully saturated rings. The standard InChI is InChI=1S/C36H28N4O5/c1-3-21(41)9-5-19-6-14-28-26(17-19)37-33-22-10-12-25-32-23(11-13-24(31(22)32)35(43)39(28)33)34-38-27-18-20(8-16-30(42)45-4-2)7-15-29(27)40(34)36(25)44/h6-7,10-15,17-18H,3-5,8-9,16H2,1-2H3. The van der Waals surface area contributed by atoms with Crippen LogP contribution in [0.5, 0.6) is 0 Å². The number of pyridine rings is 2. The van der Waals surface area contributed by atoms with Crippen molar-refractivity contribution in [2.24, 2.45) is 0 Å². The SMILES string of the molecule is CCOC(=O)CCc1ccc2c(c1)nc1c3ccc4c(=O)n5c6ccc(CCC(=O)CC)cc6nc5c5ccc(c(=O)n21)c3c45. The number of fused-ring (bicyclic) bond motifs is 8. The van der Waals surface area contributed by atoms with Crippen LogP contribution < -0.4 is 11.1 Å². The zero-order valence-corrected chi connectivity index (χ0v) is 24.8. The summed E-state index contributed by atoms with van der Waals surface area (Å²) in [4.78, 5) is 61.7. The molecule has 222 valence electrons. The molecule has 9 nitrogen and oxygen atoms in total. The van der Waals surface area contributed by atoms with E-state index in [1.807, 2.05) is 67.6 Å². The molecule has 0 aliphatic rings. The first-order chi connectivity index (χ1) is 21.9. The number of imidazole rings is 2. The number of rotatable bonds is 8. The zero-order chi connectivity index (χ0) is 31.0. The topological polar surface area (TPSA) is 112 Å². The lowest BCUT2D eigenvalue weighted by Gasteiger charge is -2.12. The summed E-state index contributed by atoms with van der Waals surface area (Å²) in [5, 5.41) is 3.97. The number of carbonyl (C=O) groups is 2. The highest BCUT2D eigenvalue weighted by Gasteiger charge is 2.22. The summed E-state index contributed by atoms with van der Waals surface area (Å²) in [5.41, 5.74) is 5.31. The Morgan fingerprint density at radius 3 is 1.64 bits per heavy atom. The van der Waals surface area contributed by atoms with E-state index in [9.17, 15) is 19.2 Å². The van der Waals surface area contributed by atoms with Gasteiger partial charge in [-0.1, -0.05) is 19.1 Å². The number of aromatic nitrogens is 4. The second-order valence-corrected chi connectivity index (χ2v) is 11.6. The minimum absolute atomic E-state index is 0.199. The van der Waals surface area contributed by atoms with Crippen LogP contribution in [0.25, 0.3) is 65.7 Å². The quantitative estimate of drug-likeness (QED) is 0.162. The van der Waals surface area contributed by atoms with E-state index in [1.165, 1.54) is 0 Å². The molecule has 0 saturated carbocycles. The summed E-state index contributed by atoms with van der Waals surface area (Å²) < 4.78 is 8.34. The molecule has 0 atom stereocenters. The number of ether oxygens (including phenoxy) is 1. The van der Waals surface area contributed by atoms with Crippen LogP contribution in [0, 0.1) is 0 Å². The van der Waals surface area contributed by atoms with E-state index in [0.29, 0.717) is 87.2 Å². The van der Waals surface area contributed by atoms with Gasteiger partial charge in [0.1, 0.15) is 17.1 Å². The minimum atomic E-state index is -0.251. The van der Waals surface area contributed by atoms with Crippen LogP contribution in [-0.2, 0) is 27.2 Å². The predicted molar refractivity (Wildman–Crippen MR) is 175 cm³/mol. The van der Waals surface area contributed by atoms with Crippen LogP contribution in [0.15, 0.2) is 70.3 Å². The van der Waals surface area contributed by atoms with Crippen LogP contribution >= 0.6 is 0 Å². The molecule has 0 amide bonds. The molecule has 0 bridgehead atoms. The third kappa shape index (κ3) is 4.00. The number of ketones is 1. The van der Waals surface area contributed by atoms with Crippen molar-refractivity contribution in [1.82, 2.24) is 18.8 Å². The van der Waals surface area contributed by atoms with Crippen LogP contribution in [0.1, 0.15) is 44.2 Å². The number of nitrogens with zero attached hydrogens (tertiary/aromatic N) is 4. The number of benzene rings is 4. The van der Waals surface area contributed by atoms with Gasteiger partial charge in [-0.25, -0.2) is 9.97 Å². The van der Waals surface area contributed by atoms with E-state index in [1.54, 1.807) is 15.7 Å². The van der Waals surface area contributed by atoms with Gasteiger partial charge in [0.25, 0.3) is 11.1 Å². The molecule has 4 aromatic carbocycles. The number of hydrogen-bond donors (Lipinski definition) is 0. The normalized spacial score (nSPS) is 12.2. The third-order valence-corrected chi connectivity index (χ3v) is 8.96. The molecule has 8 rings (SSSR count). The number of carbonyl (C=O) groups excluding carboxylic acids is 2. The first-order valence-electron chi connectivity index (χ1n) is 15.3. The molecule has 4 aromatic heterocycles. The van der Waals surface area contributed by atoms with Gasteiger partial charge in [-0.05, 0) is 79.4 Å². The molecular weight excluding hydrogens is 568 g/mol. The first-order valence-corrected chi connectivity index (χ1v) is 15.3. The van der Waals surface area contributed by atoms with Gasteiger partial charge in [0.15, 0.2) is 0 Å².